The van der Waals surface area contributed by atoms with Crippen LogP contribution in [0.2, 0.25) is 0 Å². The minimum atomic E-state index is -0.217. The van der Waals surface area contributed by atoms with Crippen molar-refractivity contribution < 1.29 is 5.11 Å². The predicted octanol–water partition coefficient (Wildman–Crippen LogP) is 3.94. The van der Waals surface area contributed by atoms with Gasteiger partial charge in [-0.25, -0.2) is 5.11 Å². The molecule has 0 aromatic heterocycles. The van der Waals surface area contributed by atoms with Crippen LogP contribution in [0.4, 0.5) is 11.4 Å². The molecule has 2 aromatic rings. The standard InChI is InChI=1S/C16H15N2OS/c19-11-5-7-13-6-4-10-15(12-13)18-16(20)17-14-8-2-1-3-9-14/h1-10,12H,11H2,(H2,17,18,20). The van der Waals surface area contributed by atoms with Gasteiger partial charge in [0, 0.05) is 11.4 Å². The minimum Gasteiger partial charge on any atom is -0.332 e. The largest absolute Gasteiger partial charge is 0.332 e. The Hall–Kier alpha value is -2.17. The SMILES string of the molecule is [O]CC=Cc1cccc(NC(=S)Nc2ccccc2)c1. The van der Waals surface area contributed by atoms with E-state index in [2.05, 4.69) is 10.6 Å². The molecule has 0 bridgehead atoms. The summed E-state index contributed by atoms with van der Waals surface area (Å²) < 4.78 is 0. The number of hydrogen-bond donors (Lipinski definition) is 2. The monoisotopic (exact) mass is 283 g/mol. The maximum absolute atomic E-state index is 10.4. The van der Waals surface area contributed by atoms with Crippen LogP contribution in [0.1, 0.15) is 5.56 Å². The van der Waals surface area contributed by atoms with Crippen molar-refractivity contribution in [2.45, 2.75) is 0 Å². The van der Waals surface area contributed by atoms with Crippen molar-refractivity contribution in [2.75, 3.05) is 17.2 Å². The van der Waals surface area contributed by atoms with Crippen LogP contribution >= 0.6 is 12.2 Å². The van der Waals surface area contributed by atoms with Gasteiger partial charge in [0.2, 0.25) is 0 Å². The average Bonchev–Trinajstić information content (AvgIpc) is 2.46. The molecule has 1 radical (unpaired) electrons. The number of thiocarbonyl (C=S) groups is 1. The third-order valence-electron chi connectivity index (χ3n) is 2.58. The molecule has 3 nitrogen and oxygen atoms in total. The summed E-state index contributed by atoms with van der Waals surface area (Å²) in [5, 5.41) is 17.2. The summed E-state index contributed by atoms with van der Waals surface area (Å²) in [6.45, 7) is -0.217. The average molecular weight is 283 g/mol. The van der Waals surface area contributed by atoms with E-state index in [0.717, 1.165) is 16.9 Å². The molecule has 0 aliphatic rings. The van der Waals surface area contributed by atoms with Crippen molar-refractivity contribution in [3.8, 4) is 0 Å². The van der Waals surface area contributed by atoms with Crippen LogP contribution in [0.25, 0.3) is 6.08 Å². The first-order valence-electron chi connectivity index (χ1n) is 6.26. The van der Waals surface area contributed by atoms with Crippen LogP contribution in [-0.2, 0) is 5.11 Å². The molecule has 4 heteroatoms. The van der Waals surface area contributed by atoms with E-state index in [-0.39, 0.29) is 6.61 Å². The second-order valence-electron chi connectivity index (χ2n) is 4.14. The molecule has 0 spiro atoms. The van der Waals surface area contributed by atoms with E-state index < -0.39 is 0 Å². The molecule has 0 unspecified atom stereocenters. The highest BCUT2D eigenvalue weighted by Gasteiger charge is 1.98. The molecule has 0 aliphatic carbocycles. The first-order valence-corrected chi connectivity index (χ1v) is 6.66. The molecule has 0 atom stereocenters. The third kappa shape index (κ3) is 4.50. The van der Waals surface area contributed by atoms with Gasteiger partial charge in [-0.3, -0.25) is 0 Å². The topological polar surface area (TPSA) is 44.0 Å². The molecule has 20 heavy (non-hydrogen) atoms. The van der Waals surface area contributed by atoms with E-state index in [1.54, 1.807) is 12.2 Å². The third-order valence-corrected chi connectivity index (χ3v) is 2.79. The van der Waals surface area contributed by atoms with Gasteiger partial charge in [0.25, 0.3) is 0 Å². The highest BCUT2D eigenvalue weighted by Crippen LogP contribution is 2.13. The Morgan fingerprint density at radius 1 is 1.00 bits per heavy atom. The second-order valence-corrected chi connectivity index (χ2v) is 4.55. The zero-order valence-corrected chi connectivity index (χ0v) is 11.7. The second kappa shape index (κ2) is 7.43. The van der Waals surface area contributed by atoms with Gasteiger partial charge in [0.1, 0.15) is 6.61 Å². The summed E-state index contributed by atoms with van der Waals surface area (Å²) >= 11 is 5.26. The van der Waals surface area contributed by atoms with Crippen LogP contribution in [-0.4, -0.2) is 11.7 Å². The van der Waals surface area contributed by atoms with Crippen LogP contribution in [0.5, 0.6) is 0 Å². The molecular weight excluding hydrogens is 268 g/mol. The maximum atomic E-state index is 10.4. The molecule has 0 saturated carbocycles. The summed E-state index contributed by atoms with van der Waals surface area (Å²) in [7, 11) is 0. The zero-order chi connectivity index (χ0) is 14.2. The summed E-state index contributed by atoms with van der Waals surface area (Å²) in [6.07, 6.45) is 3.38. The lowest BCUT2D eigenvalue weighted by Crippen LogP contribution is -2.18. The smallest absolute Gasteiger partial charge is 0.175 e. The van der Waals surface area contributed by atoms with Gasteiger partial charge < -0.3 is 10.6 Å². The molecule has 2 N–H and O–H groups in total. The van der Waals surface area contributed by atoms with Gasteiger partial charge in [0.05, 0.1) is 0 Å². The molecule has 0 aliphatic heterocycles. The summed E-state index contributed by atoms with van der Waals surface area (Å²) in [5.74, 6) is 0. The Bertz CT molecular complexity index is 596. The van der Waals surface area contributed by atoms with Gasteiger partial charge in [0.15, 0.2) is 5.11 Å². The first kappa shape index (κ1) is 14.2. The maximum Gasteiger partial charge on any atom is 0.175 e. The van der Waals surface area contributed by atoms with Crippen LogP contribution in [0.15, 0.2) is 60.7 Å². The van der Waals surface area contributed by atoms with Crippen molar-refractivity contribution >= 4 is 34.8 Å². The normalized spacial score (nSPS) is 10.4. The fraction of sp³-hybridized carbons (Fsp3) is 0.0625. The van der Waals surface area contributed by atoms with Gasteiger partial charge in [-0.15, -0.1) is 0 Å². The molecule has 0 fully saturated rings. The highest BCUT2D eigenvalue weighted by molar-refractivity contribution is 7.80. The minimum absolute atomic E-state index is 0.217. The number of hydrogen-bond acceptors (Lipinski definition) is 1. The van der Waals surface area contributed by atoms with Gasteiger partial charge in [-0.05, 0) is 42.0 Å². The van der Waals surface area contributed by atoms with Gasteiger partial charge >= 0.3 is 0 Å². The number of rotatable bonds is 4. The predicted molar refractivity (Wildman–Crippen MR) is 87.3 cm³/mol. The van der Waals surface area contributed by atoms with E-state index in [0.29, 0.717) is 5.11 Å². The Labute approximate surface area is 124 Å². The lowest BCUT2D eigenvalue weighted by Gasteiger charge is -2.10. The van der Waals surface area contributed by atoms with Crippen molar-refractivity contribution in [1.29, 1.82) is 0 Å². The van der Waals surface area contributed by atoms with Crippen molar-refractivity contribution in [2.24, 2.45) is 0 Å². The summed E-state index contributed by atoms with van der Waals surface area (Å²) in [4.78, 5) is 0. The molecule has 101 valence electrons. The zero-order valence-electron chi connectivity index (χ0n) is 10.9. The highest BCUT2D eigenvalue weighted by atomic mass is 32.1. The lowest BCUT2D eigenvalue weighted by atomic mass is 10.2. The molecule has 2 aromatic carbocycles. The Morgan fingerprint density at radius 2 is 1.70 bits per heavy atom. The number of nitrogens with one attached hydrogen (secondary N) is 2. The molecule has 2 rings (SSSR count). The fourth-order valence-corrected chi connectivity index (χ4v) is 1.95. The van der Waals surface area contributed by atoms with Gasteiger partial charge in [-0.1, -0.05) is 42.5 Å². The van der Waals surface area contributed by atoms with Crippen LogP contribution < -0.4 is 10.6 Å². The Morgan fingerprint density at radius 3 is 2.45 bits per heavy atom. The molecule has 0 heterocycles. The number of anilines is 2. The van der Waals surface area contributed by atoms with E-state index in [1.165, 1.54) is 0 Å². The van der Waals surface area contributed by atoms with Crippen LogP contribution in [0.3, 0.4) is 0 Å². The summed E-state index contributed by atoms with van der Waals surface area (Å²) in [6, 6.07) is 17.4. The molecule has 0 saturated heterocycles. The number of para-hydroxylation sites is 1. The molecule has 0 amide bonds. The molecular formula is C16H15N2OS. The first-order chi connectivity index (χ1) is 9.78. The fourth-order valence-electron chi connectivity index (χ4n) is 1.72. The van der Waals surface area contributed by atoms with Crippen LogP contribution in [0, 0.1) is 0 Å². The van der Waals surface area contributed by atoms with Crippen molar-refractivity contribution in [3.63, 3.8) is 0 Å². The lowest BCUT2D eigenvalue weighted by molar-refractivity contribution is 0.233. The number of benzene rings is 2. The van der Waals surface area contributed by atoms with Crippen molar-refractivity contribution in [1.82, 2.24) is 0 Å². The van der Waals surface area contributed by atoms with E-state index in [1.807, 2.05) is 54.6 Å². The van der Waals surface area contributed by atoms with Crippen molar-refractivity contribution in [3.05, 3.63) is 66.2 Å². The van der Waals surface area contributed by atoms with Gasteiger partial charge in [-0.2, -0.15) is 0 Å². The van der Waals surface area contributed by atoms with E-state index in [4.69, 9.17) is 12.2 Å². The quantitative estimate of drug-likeness (QED) is 0.835. The summed E-state index contributed by atoms with van der Waals surface area (Å²) in [5.41, 5.74) is 2.78. The Kier molecular flexibility index (Phi) is 5.29. The van der Waals surface area contributed by atoms with E-state index >= 15 is 0 Å². The van der Waals surface area contributed by atoms with E-state index in [9.17, 15) is 5.11 Å². The Balaban J connectivity index is 1.99.